The van der Waals surface area contributed by atoms with Crippen LogP contribution in [0, 0.1) is 0 Å². The summed E-state index contributed by atoms with van der Waals surface area (Å²) in [5.74, 6) is 0. The summed E-state index contributed by atoms with van der Waals surface area (Å²) in [7, 11) is 0. The van der Waals surface area contributed by atoms with Crippen molar-refractivity contribution in [2.45, 2.75) is 6.92 Å². The third-order valence-electron chi connectivity index (χ3n) is 4.55. The Kier molecular flexibility index (Phi) is 5.46. The van der Waals surface area contributed by atoms with Crippen LogP contribution in [0.1, 0.15) is 12.5 Å². The average Bonchev–Trinajstić information content (AvgIpc) is 3.22. The molecule has 0 saturated carbocycles. The van der Waals surface area contributed by atoms with Crippen LogP contribution < -0.4 is 10.3 Å². The van der Waals surface area contributed by atoms with E-state index in [0.717, 1.165) is 54.0 Å². The van der Waals surface area contributed by atoms with Crippen LogP contribution in [-0.4, -0.2) is 37.0 Å². The number of anilines is 2. The number of nitrogens with one attached hydrogen (secondary N) is 1. The topological polar surface area (TPSA) is 49.8 Å². The summed E-state index contributed by atoms with van der Waals surface area (Å²) >= 11 is 1.55. The Morgan fingerprint density at radius 2 is 1.81 bits per heavy atom. The molecule has 1 saturated heterocycles. The summed E-state index contributed by atoms with van der Waals surface area (Å²) in [5, 5.41) is 7.33. The number of hydrogen-bond donors (Lipinski definition) is 1. The lowest BCUT2D eigenvalue weighted by atomic mass is 10.1. The Hall–Kier alpha value is -2.70. The number of morpholine rings is 1. The molecular formula is C21H22N4OS. The maximum atomic E-state index is 5.41. The van der Waals surface area contributed by atoms with Crippen molar-refractivity contribution >= 4 is 27.9 Å². The van der Waals surface area contributed by atoms with E-state index < -0.39 is 0 Å². The summed E-state index contributed by atoms with van der Waals surface area (Å²) < 4.78 is 5.41. The van der Waals surface area contributed by atoms with Crippen LogP contribution in [0.15, 0.2) is 65.1 Å². The molecule has 0 atom stereocenters. The quantitative estimate of drug-likeness (QED) is 0.525. The number of nitrogens with zero attached hydrogens (tertiary/aromatic N) is 3. The fourth-order valence-corrected chi connectivity index (χ4v) is 3.66. The molecular weight excluding hydrogens is 356 g/mol. The van der Waals surface area contributed by atoms with Crippen molar-refractivity contribution in [3.8, 4) is 11.3 Å². The predicted molar refractivity (Wildman–Crippen MR) is 113 cm³/mol. The molecule has 1 aliphatic heterocycles. The van der Waals surface area contributed by atoms with Crippen molar-refractivity contribution in [3.63, 3.8) is 0 Å². The average molecular weight is 379 g/mol. The molecule has 0 radical (unpaired) electrons. The maximum Gasteiger partial charge on any atom is 0.203 e. The van der Waals surface area contributed by atoms with Gasteiger partial charge in [0.05, 0.1) is 24.6 Å². The number of rotatable bonds is 5. The molecule has 1 aliphatic rings. The predicted octanol–water partition coefficient (Wildman–Crippen LogP) is 4.48. The van der Waals surface area contributed by atoms with Gasteiger partial charge in [0.1, 0.15) is 0 Å². The van der Waals surface area contributed by atoms with E-state index in [2.05, 4.69) is 56.8 Å². The summed E-state index contributed by atoms with van der Waals surface area (Å²) in [6.07, 6.45) is 0. The lowest BCUT2D eigenvalue weighted by molar-refractivity contribution is 0.122. The van der Waals surface area contributed by atoms with Gasteiger partial charge in [-0.15, -0.1) is 11.3 Å². The highest BCUT2D eigenvalue weighted by Gasteiger charge is 2.11. The monoisotopic (exact) mass is 378 g/mol. The van der Waals surface area contributed by atoms with E-state index in [1.807, 2.05) is 30.5 Å². The van der Waals surface area contributed by atoms with Crippen molar-refractivity contribution < 1.29 is 4.74 Å². The van der Waals surface area contributed by atoms with E-state index in [1.54, 1.807) is 11.3 Å². The van der Waals surface area contributed by atoms with Crippen LogP contribution in [0.4, 0.5) is 10.8 Å². The maximum absolute atomic E-state index is 5.41. The number of benzene rings is 2. The highest BCUT2D eigenvalue weighted by Crippen LogP contribution is 2.24. The zero-order valence-electron chi connectivity index (χ0n) is 15.3. The molecule has 138 valence electrons. The van der Waals surface area contributed by atoms with Crippen LogP contribution in [0.2, 0.25) is 0 Å². The van der Waals surface area contributed by atoms with Crippen molar-refractivity contribution in [1.82, 2.24) is 4.98 Å². The van der Waals surface area contributed by atoms with E-state index in [0.29, 0.717) is 0 Å². The summed E-state index contributed by atoms with van der Waals surface area (Å²) in [5.41, 5.74) is 8.41. The highest BCUT2D eigenvalue weighted by molar-refractivity contribution is 7.14. The Labute approximate surface area is 163 Å². The first-order valence-corrected chi connectivity index (χ1v) is 9.92. The number of thiazole rings is 1. The molecule has 6 heteroatoms. The second-order valence-corrected chi connectivity index (χ2v) is 7.22. The third-order valence-corrected chi connectivity index (χ3v) is 5.30. The van der Waals surface area contributed by atoms with Gasteiger partial charge in [0, 0.05) is 29.7 Å². The van der Waals surface area contributed by atoms with Gasteiger partial charge in [0.2, 0.25) is 5.13 Å². The van der Waals surface area contributed by atoms with Crippen LogP contribution in [-0.2, 0) is 4.74 Å². The molecule has 2 aromatic carbocycles. The van der Waals surface area contributed by atoms with Gasteiger partial charge in [-0.2, -0.15) is 5.10 Å². The molecule has 0 spiro atoms. The molecule has 2 heterocycles. The minimum Gasteiger partial charge on any atom is -0.378 e. The van der Waals surface area contributed by atoms with E-state index >= 15 is 0 Å². The van der Waals surface area contributed by atoms with Crippen LogP contribution in [0.5, 0.6) is 0 Å². The molecule has 0 amide bonds. The molecule has 27 heavy (non-hydrogen) atoms. The van der Waals surface area contributed by atoms with E-state index in [9.17, 15) is 0 Å². The number of aromatic nitrogens is 1. The van der Waals surface area contributed by atoms with Crippen molar-refractivity contribution in [2.24, 2.45) is 5.10 Å². The van der Waals surface area contributed by atoms with Gasteiger partial charge in [-0.3, -0.25) is 5.43 Å². The molecule has 3 aromatic rings. The number of hydrazone groups is 1. The lowest BCUT2D eigenvalue weighted by Crippen LogP contribution is -2.36. The molecule has 0 unspecified atom stereocenters. The molecule has 1 N–H and O–H groups in total. The van der Waals surface area contributed by atoms with Gasteiger partial charge in [-0.1, -0.05) is 42.5 Å². The van der Waals surface area contributed by atoms with Gasteiger partial charge in [0.25, 0.3) is 0 Å². The number of hydrogen-bond acceptors (Lipinski definition) is 6. The van der Waals surface area contributed by atoms with E-state index in [4.69, 9.17) is 4.74 Å². The van der Waals surface area contributed by atoms with Crippen LogP contribution >= 0.6 is 11.3 Å². The molecule has 5 nitrogen and oxygen atoms in total. The normalized spacial score (nSPS) is 15.0. The Morgan fingerprint density at radius 3 is 2.56 bits per heavy atom. The fourth-order valence-electron chi connectivity index (χ4n) is 3.00. The summed E-state index contributed by atoms with van der Waals surface area (Å²) in [4.78, 5) is 6.95. The van der Waals surface area contributed by atoms with Crippen molar-refractivity contribution in [2.75, 3.05) is 36.6 Å². The Balaban J connectivity index is 1.41. The summed E-state index contributed by atoms with van der Waals surface area (Å²) in [6.45, 7) is 5.49. The first-order chi connectivity index (χ1) is 13.3. The number of ether oxygens (including phenoxy) is 1. The minimum atomic E-state index is 0.790. The van der Waals surface area contributed by atoms with Gasteiger partial charge in [0.15, 0.2) is 0 Å². The van der Waals surface area contributed by atoms with Crippen LogP contribution in [0.25, 0.3) is 11.3 Å². The lowest BCUT2D eigenvalue weighted by Gasteiger charge is -2.28. The summed E-state index contributed by atoms with van der Waals surface area (Å²) in [6, 6.07) is 18.7. The van der Waals surface area contributed by atoms with E-state index in [-0.39, 0.29) is 0 Å². The smallest absolute Gasteiger partial charge is 0.203 e. The van der Waals surface area contributed by atoms with Gasteiger partial charge < -0.3 is 9.64 Å². The second kappa shape index (κ2) is 8.33. The molecule has 0 aliphatic carbocycles. The molecule has 0 bridgehead atoms. The molecule has 1 fully saturated rings. The zero-order chi connectivity index (χ0) is 18.5. The van der Waals surface area contributed by atoms with Crippen LogP contribution in [0.3, 0.4) is 0 Å². The second-order valence-electron chi connectivity index (χ2n) is 6.36. The van der Waals surface area contributed by atoms with Gasteiger partial charge in [-0.05, 0) is 24.6 Å². The van der Waals surface area contributed by atoms with Gasteiger partial charge >= 0.3 is 0 Å². The first kappa shape index (κ1) is 17.7. The standard InChI is InChI=1S/C21H22N4OS/c1-16(17-7-9-19(10-8-17)25-11-13-26-14-12-25)23-24-21-22-20(15-27-21)18-5-3-2-4-6-18/h2-10,15H,11-14H2,1H3,(H,22,24)/b23-16+. The first-order valence-electron chi connectivity index (χ1n) is 9.04. The van der Waals surface area contributed by atoms with Crippen molar-refractivity contribution in [3.05, 3.63) is 65.5 Å². The molecule has 1 aromatic heterocycles. The van der Waals surface area contributed by atoms with E-state index in [1.165, 1.54) is 5.69 Å². The third kappa shape index (κ3) is 4.35. The highest BCUT2D eigenvalue weighted by atomic mass is 32.1. The Bertz CT molecular complexity index is 899. The largest absolute Gasteiger partial charge is 0.378 e. The molecule has 4 rings (SSSR count). The van der Waals surface area contributed by atoms with Crippen molar-refractivity contribution in [1.29, 1.82) is 0 Å². The zero-order valence-corrected chi connectivity index (χ0v) is 16.1. The fraction of sp³-hybridized carbons (Fsp3) is 0.238. The Morgan fingerprint density at radius 1 is 1.07 bits per heavy atom. The SMILES string of the molecule is C/C(=N\Nc1nc(-c2ccccc2)cs1)c1ccc(N2CCOCC2)cc1. The minimum absolute atomic E-state index is 0.790. The van der Waals surface area contributed by atoms with Gasteiger partial charge in [-0.25, -0.2) is 4.98 Å².